The minimum Gasteiger partial charge on any atom is -0.489 e. The van der Waals surface area contributed by atoms with E-state index in [1.165, 1.54) is 12.1 Å². The smallest absolute Gasteiger partial charge is 0.271 e. The predicted molar refractivity (Wildman–Crippen MR) is 75.0 cm³/mol. The molecule has 1 fully saturated rings. The molecule has 1 heterocycles. The molecule has 0 aromatic heterocycles. The quantitative estimate of drug-likeness (QED) is 0.328. The Morgan fingerprint density at radius 1 is 1.36 bits per heavy atom. The van der Waals surface area contributed by atoms with Crippen LogP contribution in [-0.2, 0) is 9.59 Å². The lowest BCUT2D eigenvalue weighted by Crippen LogP contribution is -2.38. The first kappa shape index (κ1) is 15.7. The van der Waals surface area contributed by atoms with Crippen molar-refractivity contribution in [1.29, 1.82) is 0 Å². The number of nitro groups is 1. The van der Waals surface area contributed by atoms with Gasteiger partial charge in [-0.15, -0.1) is 0 Å². The van der Waals surface area contributed by atoms with Gasteiger partial charge in [0.05, 0.1) is 17.2 Å². The van der Waals surface area contributed by atoms with Gasteiger partial charge in [0.2, 0.25) is 11.8 Å². The highest BCUT2D eigenvalue weighted by atomic mass is 16.6. The van der Waals surface area contributed by atoms with Crippen LogP contribution in [0.4, 0.5) is 11.4 Å². The number of carbonyl (C=O) groups is 2. The normalized spacial score (nSPS) is 16.0. The number of nitrogen functional groups attached to an aromatic ring is 1. The van der Waals surface area contributed by atoms with Crippen molar-refractivity contribution in [3.05, 3.63) is 28.3 Å². The highest BCUT2D eigenvalue weighted by Gasteiger charge is 2.30. The summed E-state index contributed by atoms with van der Waals surface area (Å²) in [5.74, 6) is -0.457. The van der Waals surface area contributed by atoms with Gasteiger partial charge >= 0.3 is 0 Å². The lowest BCUT2D eigenvalue weighted by molar-refractivity contribution is -0.384. The summed E-state index contributed by atoms with van der Waals surface area (Å²) in [6, 6.07) is 3.70. The van der Waals surface area contributed by atoms with Gasteiger partial charge in [-0.3, -0.25) is 24.6 Å². The van der Waals surface area contributed by atoms with E-state index in [0.717, 1.165) is 11.0 Å². The summed E-state index contributed by atoms with van der Waals surface area (Å²) in [5, 5.41) is 20.4. The zero-order valence-corrected chi connectivity index (χ0v) is 11.6. The Kier molecular flexibility index (Phi) is 4.56. The molecule has 3 N–H and O–H groups in total. The third kappa shape index (κ3) is 3.50. The molecule has 2 amide bonds. The number of nitrogens with zero attached hydrogens (tertiary/aromatic N) is 2. The Labute approximate surface area is 125 Å². The molecule has 1 aromatic carbocycles. The highest BCUT2D eigenvalue weighted by molar-refractivity contribution is 6.01. The lowest BCUT2D eigenvalue weighted by atomic mass is 10.2. The third-order valence-electron chi connectivity index (χ3n) is 3.18. The van der Waals surface area contributed by atoms with Crippen LogP contribution >= 0.6 is 0 Å². The van der Waals surface area contributed by atoms with Crippen LogP contribution in [0.2, 0.25) is 0 Å². The summed E-state index contributed by atoms with van der Waals surface area (Å²) in [5.41, 5.74) is 5.52. The number of aliphatic hydroxyl groups is 1. The minimum atomic E-state index is -1.07. The highest BCUT2D eigenvalue weighted by Crippen LogP contribution is 2.26. The standard InChI is InChI=1S/C13H15N3O6/c14-10-5-8(16(20)21)1-2-11(10)22-7-9(17)6-15-12(18)3-4-13(15)19/h1-2,5,9,17H,3-4,6-7,14H2. The van der Waals surface area contributed by atoms with Crippen molar-refractivity contribution in [3.8, 4) is 5.75 Å². The topological polar surface area (TPSA) is 136 Å². The molecule has 1 unspecified atom stereocenters. The fraction of sp³-hybridized carbons (Fsp3) is 0.385. The molecule has 0 radical (unpaired) electrons. The number of rotatable bonds is 6. The van der Waals surface area contributed by atoms with Gasteiger partial charge in [-0.1, -0.05) is 0 Å². The van der Waals surface area contributed by atoms with E-state index in [1.54, 1.807) is 0 Å². The van der Waals surface area contributed by atoms with Crippen LogP contribution in [0.1, 0.15) is 12.8 Å². The van der Waals surface area contributed by atoms with Gasteiger partial charge in [0.1, 0.15) is 18.5 Å². The molecule has 0 spiro atoms. The maximum Gasteiger partial charge on any atom is 0.271 e. The number of nitro benzene ring substituents is 1. The maximum absolute atomic E-state index is 11.4. The zero-order valence-electron chi connectivity index (χ0n) is 11.6. The van der Waals surface area contributed by atoms with Crippen LogP contribution in [0.3, 0.4) is 0 Å². The van der Waals surface area contributed by atoms with E-state index in [2.05, 4.69) is 0 Å². The van der Waals surface area contributed by atoms with Crippen molar-refractivity contribution in [1.82, 2.24) is 4.90 Å². The molecule has 9 heteroatoms. The number of non-ortho nitro benzene ring substituents is 1. The van der Waals surface area contributed by atoms with Gasteiger partial charge in [-0.2, -0.15) is 0 Å². The fourth-order valence-corrected chi connectivity index (χ4v) is 2.06. The first-order valence-corrected chi connectivity index (χ1v) is 6.56. The lowest BCUT2D eigenvalue weighted by Gasteiger charge is -2.19. The molecule has 22 heavy (non-hydrogen) atoms. The van der Waals surface area contributed by atoms with Crippen molar-refractivity contribution in [2.75, 3.05) is 18.9 Å². The Morgan fingerprint density at radius 3 is 2.55 bits per heavy atom. The molecule has 1 aliphatic rings. The summed E-state index contributed by atoms with van der Waals surface area (Å²) < 4.78 is 5.27. The summed E-state index contributed by atoms with van der Waals surface area (Å²) in [6.07, 6.45) is -0.760. The van der Waals surface area contributed by atoms with E-state index in [4.69, 9.17) is 10.5 Å². The summed E-state index contributed by atoms with van der Waals surface area (Å²) >= 11 is 0. The van der Waals surface area contributed by atoms with Crippen LogP contribution in [0.15, 0.2) is 18.2 Å². The van der Waals surface area contributed by atoms with Crippen molar-refractivity contribution in [3.63, 3.8) is 0 Å². The van der Waals surface area contributed by atoms with Gasteiger partial charge in [0.15, 0.2) is 0 Å². The van der Waals surface area contributed by atoms with Crippen molar-refractivity contribution < 1.29 is 24.4 Å². The first-order valence-electron chi connectivity index (χ1n) is 6.56. The predicted octanol–water partition coefficient (Wildman–Crippen LogP) is 0.0657. The van der Waals surface area contributed by atoms with Gasteiger partial charge < -0.3 is 15.6 Å². The molecular formula is C13H15N3O6. The Hall–Kier alpha value is -2.68. The number of hydrogen-bond acceptors (Lipinski definition) is 7. The van der Waals surface area contributed by atoms with Gasteiger partial charge in [0, 0.05) is 25.0 Å². The van der Waals surface area contributed by atoms with E-state index < -0.39 is 11.0 Å². The Morgan fingerprint density at radius 2 is 2.00 bits per heavy atom. The number of amides is 2. The van der Waals surface area contributed by atoms with Crippen LogP contribution in [0.25, 0.3) is 0 Å². The number of anilines is 1. The molecule has 0 aliphatic carbocycles. The molecule has 118 valence electrons. The molecule has 2 rings (SSSR count). The van der Waals surface area contributed by atoms with Gasteiger partial charge in [-0.25, -0.2) is 0 Å². The average molecular weight is 309 g/mol. The number of benzene rings is 1. The van der Waals surface area contributed by atoms with E-state index in [1.807, 2.05) is 0 Å². The first-order chi connectivity index (χ1) is 10.4. The summed E-state index contributed by atoms with van der Waals surface area (Å²) in [6.45, 7) is -0.344. The number of imide groups is 1. The summed E-state index contributed by atoms with van der Waals surface area (Å²) in [7, 11) is 0. The molecule has 0 saturated carbocycles. The van der Waals surface area contributed by atoms with E-state index >= 15 is 0 Å². The minimum absolute atomic E-state index is 0.0646. The SMILES string of the molecule is Nc1cc([N+](=O)[O-])ccc1OCC(O)CN1C(=O)CCC1=O. The van der Waals surface area contributed by atoms with Crippen LogP contribution in [0.5, 0.6) is 5.75 Å². The van der Waals surface area contributed by atoms with Crippen LogP contribution in [0, 0.1) is 10.1 Å². The Bertz CT molecular complexity index is 602. The number of likely N-dealkylation sites (tertiary alicyclic amines) is 1. The molecule has 1 aliphatic heterocycles. The summed E-state index contributed by atoms with van der Waals surface area (Å²) in [4.78, 5) is 33.8. The number of β-amino-alcohol motifs (C(OH)–C–C–N with tert-alkyl or cyclic N) is 1. The molecule has 1 saturated heterocycles. The number of carbonyl (C=O) groups excluding carboxylic acids is 2. The number of nitrogens with two attached hydrogens (primary N) is 1. The number of aliphatic hydroxyl groups excluding tert-OH is 1. The number of hydrogen-bond donors (Lipinski definition) is 2. The second-order valence-electron chi connectivity index (χ2n) is 4.84. The van der Waals surface area contributed by atoms with Gasteiger partial charge in [0.25, 0.3) is 5.69 Å². The molecule has 0 bridgehead atoms. The van der Waals surface area contributed by atoms with Crippen molar-refractivity contribution in [2.24, 2.45) is 0 Å². The van der Waals surface area contributed by atoms with E-state index in [0.29, 0.717) is 0 Å². The second kappa shape index (κ2) is 6.39. The second-order valence-corrected chi connectivity index (χ2v) is 4.84. The molecular weight excluding hydrogens is 294 g/mol. The molecule has 1 aromatic rings. The van der Waals surface area contributed by atoms with E-state index in [-0.39, 0.29) is 54.9 Å². The number of ether oxygens (including phenoxy) is 1. The fourth-order valence-electron chi connectivity index (χ4n) is 2.06. The zero-order chi connectivity index (χ0) is 16.3. The third-order valence-corrected chi connectivity index (χ3v) is 3.18. The largest absolute Gasteiger partial charge is 0.489 e. The van der Waals surface area contributed by atoms with Crippen LogP contribution < -0.4 is 10.5 Å². The van der Waals surface area contributed by atoms with E-state index in [9.17, 15) is 24.8 Å². The van der Waals surface area contributed by atoms with Crippen molar-refractivity contribution in [2.45, 2.75) is 18.9 Å². The van der Waals surface area contributed by atoms with Crippen LogP contribution in [-0.4, -0.2) is 46.0 Å². The molecule has 1 atom stereocenters. The van der Waals surface area contributed by atoms with Gasteiger partial charge in [-0.05, 0) is 6.07 Å². The Balaban J connectivity index is 1.91. The monoisotopic (exact) mass is 309 g/mol. The molecule has 9 nitrogen and oxygen atoms in total. The van der Waals surface area contributed by atoms with Crippen molar-refractivity contribution >= 4 is 23.2 Å². The average Bonchev–Trinajstić information content (AvgIpc) is 2.77. The maximum atomic E-state index is 11.4.